The maximum Gasteiger partial charge on any atom is 0.185 e. The molecule has 1 fully saturated rings. The van der Waals surface area contributed by atoms with E-state index < -0.39 is 0 Å². The minimum Gasteiger partial charge on any atom is -0.289 e. The van der Waals surface area contributed by atoms with E-state index in [4.69, 9.17) is 0 Å². The number of Topliss-reactive ketones (excluding diaryl/α,β-unsaturated/α-hetero) is 1. The Hall–Kier alpha value is -1.59. The fraction of sp³-hybridized carbons (Fsp3) is 0.214. The molecule has 0 aromatic carbocycles. The zero-order valence-electron chi connectivity index (χ0n) is 10.2. The molecule has 1 aliphatic carbocycles. The lowest BCUT2D eigenvalue weighted by molar-refractivity contribution is -0.112. The van der Waals surface area contributed by atoms with Crippen LogP contribution < -0.4 is 0 Å². The fourth-order valence-corrected chi connectivity index (χ4v) is 3.27. The normalized spacial score (nSPS) is 20.3. The van der Waals surface area contributed by atoms with Crippen LogP contribution in [0.3, 0.4) is 0 Å². The second kappa shape index (κ2) is 5.59. The first-order valence-electron chi connectivity index (χ1n) is 6.08. The second-order valence-electron chi connectivity index (χ2n) is 4.26. The number of nitrogens with zero attached hydrogens (tertiary/aromatic N) is 2. The number of rotatable bonds is 2. The SMILES string of the molecule is O=C1/C(=C/c2nccs2)CCC/C1=C\c1nccs1. The number of ketones is 1. The van der Waals surface area contributed by atoms with Crippen molar-refractivity contribution in [1.82, 2.24) is 9.97 Å². The topological polar surface area (TPSA) is 42.9 Å². The summed E-state index contributed by atoms with van der Waals surface area (Å²) in [6, 6.07) is 0. The lowest BCUT2D eigenvalue weighted by atomic mass is 9.88. The largest absolute Gasteiger partial charge is 0.289 e. The summed E-state index contributed by atoms with van der Waals surface area (Å²) >= 11 is 3.11. The summed E-state index contributed by atoms with van der Waals surface area (Å²) in [6.45, 7) is 0. The predicted octanol–water partition coefficient (Wildman–Crippen LogP) is 3.82. The average Bonchev–Trinajstić information content (AvgIpc) is 3.07. The van der Waals surface area contributed by atoms with E-state index in [0.29, 0.717) is 0 Å². The molecule has 5 heteroatoms. The van der Waals surface area contributed by atoms with E-state index in [1.807, 2.05) is 22.9 Å². The summed E-state index contributed by atoms with van der Waals surface area (Å²) in [5.74, 6) is 0.150. The van der Waals surface area contributed by atoms with Gasteiger partial charge in [0.25, 0.3) is 0 Å². The molecule has 1 saturated carbocycles. The van der Waals surface area contributed by atoms with Crippen LogP contribution in [0.5, 0.6) is 0 Å². The molecule has 0 atom stereocenters. The summed E-state index contributed by atoms with van der Waals surface area (Å²) in [7, 11) is 0. The maximum atomic E-state index is 12.4. The van der Waals surface area contributed by atoms with Crippen molar-refractivity contribution in [2.75, 3.05) is 0 Å². The molecule has 1 aliphatic rings. The van der Waals surface area contributed by atoms with Gasteiger partial charge in [0.05, 0.1) is 0 Å². The Morgan fingerprint density at radius 3 is 1.89 bits per heavy atom. The van der Waals surface area contributed by atoms with Gasteiger partial charge in [-0.15, -0.1) is 22.7 Å². The van der Waals surface area contributed by atoms with Crippen LogP contribution in [0.25, 0.3) is 12.2 Å². The van der Waals surface area contributed by atoms with E-state index in [-0.39, 0.29) is 5.78 Å². The Bertz CT molecular complexity index is 570. The van der Waals surface area contributed by atoms with Gasteiger partial charge in [-0.1, -0.05) is 0 Å². The standard InChI is InChI=1S/C14H12N2OS2/c17-14-10(8-12-15-4-6-18-12)2-1-3-11(14)9-13-16-5-7-19-13/h4-9H,1-3H2/b10-8+,11-9+. The van der Waals surface area contributed by atoms with Crippen molar-refractivity contribution in [1.29, 1.82) is 0 Å². The summed E-state index contributed by atoms with van der Waals surface area (Å²) in [6.07, 6.45) is 10.1. The van der Waals surface area contributed by atoms with Crippen molar-refractivity contribution in [3.05, 3.63) is 44.3 Å². The van der Waals surface area contributed by atoms with Crippen LogP contribution in [-0.2, 0) is 4.79 Å². The van der Waals surface area contributed by atoms with Crippen molar-refractivity contribution in [2.45, 2.75) is 19.3 Å². The number of aromatic nitrogens is 2. The van der Waals surface area contributed by atoms with Crippen LogP contribution in [0.1, 0.15) is 29.3 Å². The highest BCUT2D eigenvalue weighted by Crippen LogP contribution is 2.28. The minimum absolute atomic E-state index is 0.150. The smallest absolute Gasteiger partial charge is 0.185 e. The van der Waals surface area contributed by atoms with E-state index >= 15 is 0 Å². The van der Waals surface area contributed by atoms with Crippen molar-refractivity contribution in [3.8, 4) is 0 Å². The third kappa shape index (κ3) is 2.88. The Kier molecular flexibility index (Phi) is 3.66. The Morgan fingerprint density at radius 2 is 1.47 bits per heavy atom. The zero-order chi connectivity index (χ0) is 13.1. The quantitative estimate of drug-likeness (QED) is 0.789. The van der Waals surface area contributed by atoms with Gasteiger partial charge in [0.1, 0.15) is 10.0 Å². The van der Waals surface area contributed by atoms with Crippen molar-refractivity contribution < 1.29 is 4.79 Å². The molecule has 19 heavy (non-hydrogen) atoms. The number of hydrogen-bond donors (Lipinski definition) is 0. The van der Waals surface area contributed by atoms with Gasteiger partial charge < -0.3 is 0 Å². The van der Waals surface area contributed by atoms with Gasteiger partial charge in [-0.05, 0) is 31.4 Å². The highest BCUT2D eigenvalue weighted by Gasteiger charge is 2.21. The van der Waals surface area contributed by atoms with E-state index in [0.717, 1.165) is 40.4 Å². The van der Waals surface area contributed by atoms with Gasteiger partial charge >= 0.3 is 0 Å². The van der Waals surface area contributed by atoms with Gasteiger partial charge in [0.2, 0.25) is 0 Å². The van der Waals surface area contributed by atoms with Crippen LogP contribution in [0.4, 0.5) is 0 Å². The van der Waals surface area contributed by atoms with Crippen LogP contribution >= 0.6 is 22.7 Å². The van der Waals surface area contributed by atoms with Crippen LogP contribution in [-0.4, -0.2) is 15.8 Å². The van der Waals surface area contributed by atoms with Gasteiger partial charge in [-0.3, -0.25) is 4.79 Å². The van der Waals surface area contributed by atoms with E-state index in [2.05, 4.69) is 9.97 Å². The van der Waals surface area contributed by atoms with Gasteiger partial charge in [0, 0.05) is 34.3 Å². The molecule has 0 radical (unpaired) electrons. The van der Waals surface area contributed by atoms with Crippen LogP contribution in [0, 0.1) is 0 Å². The average molecular weight is 288 g/mol. The number of hydrogen-bond acceptors (Lipinski definition) is 5. The number of carbonyl (C=O) groups excluding carboxylic acids is 1. The third-order valence-corrected chi connectivity index (χ3v) is 4.42. The molecule has 96 valence electrons. The highest BCUT2D eigenvalue weighted by atomic mass is 32.1. The highest BCUT2D eigenvalue weighted by molar-refractivity contribution is 7.10. The molecular formula is C14H12N2OS2. The summed E-state index contributed by atoms with van der Waals surface area (Å²) in [5, 5.41) is 5.65. The van der Waals surface area contributed by atoms with Crippen molar-refractivity contribution >= 4 is 40.6 Å². The zero-order valence-corrected chi connectivity index (χ0v) is 11.8. The van der Waals surface area contributed by atoms with Crippen molar-refractivity contribution in [3.63, 3.8) is 0 Å². The number of thiazole rings is 2. The van der Waals surface area contributed by atoms with E-state index in [9.17, 15) is 4.79 Å². The first-order chi connectivity index (χ1) is 9.33. The molecular weight excluding hydrogens is 276 g/mol. The number of allylic oxidation sites excluding steroid dienone is 2. The molecule has 0 unspecified atom stereocenters. The maximum absolute atomic E-state index is 12.4. The first kappa shape index (κ1) is 12.4. The Morgan fingerprint density at radius 1 is 0.947 bits per heavy atom. The molecule has 3 rings (SSSR count). The molecule has 0 saturated heterocycles. The number of carbonyl (C=O) groups is 1. The minimum atomic E-state index is 0.150. The fourth-order valence-electron chi connectivity index (χ4n) is 2.09. The first-order valence-corrected chi connectivity index (χ1v) is 7.84. The molecule has 0 spiro atoms. The van der Waals surface area contributed by atoms with Crippen LogP contribution in [0.15, 0.2) is 34.3 Å². The molecule has 0 amide bonds. The molecule has 2 aromatic heterocycles. The van der Waals surface area contributed by atoms with Crippen molar-refractivity contribution in [2.24, 2.45) is 0 Å². The summed E-state index contributed by atoms with van der Waals surface area (Å²) in [4.78, 5) is 20.8. The lowest BCUT2D eigenvalue weighted by Crippen LogP contribution is -2.12. The molecule has 0 aliphatic heterocycles. The monoisotopic (exact) mass is 288 g/mol. The second-order valence-corrected chi connectivity index (χ2v) is 6.11. The van der Waals surface area contributed by atoms with Crippen LogP contribution in [0.2, 0.25) is 0 Å². The molecule has 0 bridgehead atoms. The van der Waals surface area contributed by atoms with Gasteiger partial charge in [-0.25, -0.2) is 9.97 Å². The molecule has 0 N–H and O–H groups in total. The summed E-state index contributed by atoms with van der Waals surface area (Å²) in [5.41, 5.74) is 1.73. The van der Waals surface area contributed by atoms with E-state index in [1.165, 1.54) is 0 Å². The summed E-state index contributed by atoms with van der Waals surface area (Å²) < 4.78 is 0. The molecule has 3 nitrogen and oxygen atoms in total. The molecule has 2 aromatic rings. The predicted molar refractivity (Wildman–Crippen MR) is 79.0 cm³/mol. The lowest BCUT2D eigenvalue weighted by Gasteiger charge is -2.15. The van der Waals surface area contributed by atoms with Gasteiger partial charge in [0.15, 0.2) is 5.78 Å². The Balaban J connectivity index is 1.87. The van der Waals surface area contributed by atoms with Gasteiger partial charge in [-0.2, -0.15) is 0 Å². The Labute approximate surface area is 119 Å². The third-order valence-electron chi connectivity index (χ3n) is 2.97. The van der Waals surface area contributed by atoms with E-state index in [1.54, 1.807) is 35.1 Å². The molecule has 2 heterocycles.